The number of thioether (sulfide) groups is 1. The van der Waals surface area contributed by atoms with Crippen LogP contribution in [0.3, 0.4) is 0 Å². The van der Waals surface area contributed by atoms with Crippen molar-refractivity contribution in [2.24, 2.45) is 0 Å². The van der Waals surface area contributed by atoms with Gasteiger partial charge in [-0.3, -0.25) is 8.96 Å². The van der Waals surface area contributed by atoms with Crippen molar-refractivity contribution in [3.8, 4) is 5.75 Å². The molecule has 1 fully saturated rings. The predicted molar refractivity (Wildman–Crippen MR) is 79.3 cm³/mol. The van der Waals surface area contributed by atoms with Crippen molar-refractivity contribution >= 4 is 17.9 Å². The highest BCUT2D eigenvalue weighted by atomic mass is 32.2. The van der Waals surface area contributed by atoms with Crippen LogP contribution in [0, 0.1) is 0 Å². The molecule has 0 spiro atoms. The molecule has 0 unspecified atom stereocenters. The maximum Gasteiger partial charge on any atom is 0.444 e. The number of hydrogen-bond acceptors (Lipinski definition) is 5. The minimum atomic E-state index is -0.863. The summed E-state index contributed by atoms with van der Waals surface area (Å²) < 4.78 is 19.6. The van der Waals surface area contributed by atoms with Crippen molar-refractivity contribution in [2.45, 2.75) is 24.0 Å². The zero-order valence-electron chi connectivity index (χ0n) is 11.6. The van der Waals surface area contributed by atoms with E-state index in [1.165, 1.54) is 4.57 Å². The Morgan fingerprint density at radius 2 is 2.09 bits per heavy atom. The average Bonchev–Trinajstić information content (AvgIpc) is 3.30. The van der Waals surface area contributed by atoms with E-state index in [2.05, 4.69) is 5.10 Å². The molecule has 0 radical (unpaired) electrons. The van der Waals surface area contributed by atoms with Crippen LogP contribution in [-0.4, -0.2) is 32.9 Å². The van der Waals surface area contributed by atoms with E-state index in [4.69, 9.17) is 4.74 Å². The van der Waals surface area contributed by atoms with Crippen molar-refractivity contribution in [2.75, 3.05) is 12.4 Å². The maximum absolute atomic E-state index is 12.3. The van der Waals surface area contributed by atoms with Gasteiger partial charge in [0.2, 0.25) is 0 Å². The molecule has 8 heteroatoms. The summed E-state index contributed by atoms with van der Waals surface area (Å²) in [5.41, 5.74) is -0.537. The summed E-state index contributed by atoms with van der Waals surface area (Å²) in [5, 5.41) is 4.35. The van der Waals surface area contributed by atoms with Crippen LogP contribution in [-0.2, 0) is 0 Å². The molecule has 0 atom stereocenters. The Bertz CT molecular complexity index is 725. The van der Waals surface area contributed by atoms with Gasteiger partial charge in [0.25, 0.3) is 0 Å². The fourth-order valence-electron chi connectivity index (χ4n) is 1.99. The number of carbonyl (C=O) groups is 1. The number of halogens is 1. The number of rotatable bonds is 5. The van der Waals surface area contributed by atoms with Crippen LogP contribution in [0.1, 0.15) is 18.9 Å². The first-order valence-corrected chi connectivity index (χ1v) is 7.87. The molecular weight excluding hydrogens is 309 g/mol. The molecular formula is C14H14FN3O3S. The minimum absolute atomic E-state index is 0.0490. The first-order chi connectivity index (χ1) is 10.7. The lowest BCUT2D eigenvalue weighted by molar-refractivity contribution is 0.197. The van der Waals surface area contributed by atoms with Gasteiger partial charge in [-0.2, -0.15) is 0 Å². The summed E-state index contributed by atoms with van der Waals surface area (Å²) in [7, 11) is 0. The monoisotopic (exact) mass is 323 g/mol. The first-order valence-electron chi connectivity index (χ1n) is 6.88. The molecule has 2 aromatic rings. The number of nitrogens with zero attached hydrogens (tertiary/aromatic N) is 3. The van der Waals surface area contributed by atoms with E-state index in [-0.39, 0.29) is 11.8 Å². The topological polar surface area (TPSA) is 66.1 Å². The molecule has 1 aromatic heterocycles. The fourth-order valence-corrected chi connectivity index (χ4v) is 2.75. The Morgan fingerprint density at radius 1 is 1.36 bits per heavy atom. The Kier molecular flexibility index (Phi) is 4.28. The van der Waals surface area contributed by atoms with E-state index >= 15 is 0 Å². The molecule has 22 heavy (non-hydrogen) atoms. The van der Waals surface area contributed by atoms with E-state index < -0.39 is 18.5 Å². The molecule has 1 aliphatic rings. The van der Waals surface area contributed by atoms with Crippen LogP contribution in [0.4, 0.5) is 9.18 Å². The summed E-state index contributed by atoms with van der Waals surface area (Å²) >= 11 is 1.12. The van der Waals surface area contributed by atoms with Crippen molar-refractivity contribution in [1.82, 2.24) is 14.3 Å². The largest absolute Gasteiger partial charge is 0.444 e. The molecule has 1 aromatic carbocycles. The van der Waals surface area contributed by atoms with Crippen molar-refractivity contribution in [3.63, 3.8) is 0 Å². The lowest BCUT2D eigenvalue weighted by Gasteiger charge is -2.01. The van der Waals surface area contributed by atoms with Crippen LogP contribution in [0.2, 0.25) is 0 Å². The van der Waals surface area contributed by atoms with Gasteiger partial charge >= 0.3 is 11.8 Å². The Labute approximate surface area is 129 Å². The van der Waals surface area contributed by atoms with Crippen molar-refractivity contribution < 1.29 is 13.9 Å². The molecule has 0 N–H and O–H groups in total. The lowest BCUT2D eigenvalue weighted by atomic mass is 10.3. The van der Waals surface area contributed by atoms with E-state index in [9.17, 15) is 14.0 Å². The quantitative estimate of drug-likeness (QED) is 0.791. The maximum atomic E-state index is 12.3. The lowest BCUT2D eigenvalue weighted by Crippen LogP contribution is -2.32. The van der Waals surface area contributed by atoms with E-state index in [0.717, 1.165) is 24.6 Å². The average molecular weight is 323 g/mol. The fraction of sp³-hybridized carbons (Fsp3) is 0.357. The molecule has 6 nitrogen and oxygen atoms in total. The molecule has 1 saturated carbocycles. The zero-order valence-corrected chi connectivity index (χ0v) is 12.5. The third-order valence-corrected chi connectivity index (χ3v) is 4.02. The molecule has 0 bridgehead atoms. The minimum Gasteiger partial charge on any atom is -0.409 e. The highest BCUT2D eigenvalue weighted by Crippen LogP contribution is 2.36. The Balaban J connectivity index is 1.86. The highest BCUT2D eigenvalue weighted by Gasteiger charge is 2.31. The molecule has 0 saturated heterocycles. The number of ether oxygens (including phenoxy) is 1. The Morgan fingerprint density at radius 3 is 2.73 bits per heavy atom. The molecule has 1 aliphatic carbocycles. The highest BCUT2D eigenvalue weighted by molar-refractivity contribution is 7.99. The van der Waals surface area contributed by atoms with Crippen LogP contribution in [0.5, 0.6) is 5.75 Å². The van der Waals surface area contributed by atoms with Gasteiger partial charge in [-0.15, -0.1) is 9.78 Å². The van der Waals surface area contributed by atoms with Crippen molar-refractivity contribution in [1.29, 1.82) is 0 Å². The van der Waals surface area contributed by atoms with Gasteiger partial charge in [0.1, 0.15) is 5.75 Å². The number of carbonyl (C=O) groups excluding carboxylic acids is 1. The standard InChI is InChI=1S/C14H14FN3O3S/c15-8-9-22-12-16-18(13(19)17(12)10-6-7-10)14(20)21-11-4-2-1-3-5-11/h1-5,10H,6-9H2. The molecule has 3 rings (SSSR count). The van der Waals surface area contributed by atoms with E-state index in [0.29, 0.717) is 15.6 Å². The third-order valence-electron chi connectivity index (χ3n) is 3.12. The smallest absolute Gasteiger partial charge is 0.409 e. The molecule has 1 heterocycles. The van der Waals surface area contributed by atoms with Gasteiger partial charge in [0, 0.05) is 11.8 Å². The van der Waals surface area contributed by atoms with Gasteiger partial charge in [-0.1, -0.05) is 30.0 Å². The number of benzene rings is 1. The third kappa shape index (κ3) is 3.06. The number of aromatic nitrogens is 3. The molecule has 116 valence electrons. The normalized spacial score (nSPS) is 14.0. The van der Waals surface area contributed by atoms with Crippen LogP contribution in [0.25, 0.3) is 0 Å². The second kappa shape index (κ2) is 6.35. The van der Waals surface area contributed by atoms with Gasteiger partial charge in [0.15, 0.2) is 5.16 Å². The second-order valence-corrected chi connectivity index (χ2v) is 5.86. The van der Waals surface area contributed by atoms with E-state index in [1.807, 2.05) is 0 Å². The first kappa shape index (κ1) is 14.8. The van der Waals surface area contributed by atoms with Crippen LogP contribution >= 0.6 is 11.8 Å². The SMILES string of the molecule is O=C(Oc1ccccc1)n1nc(SCCF)n(C2CC2)c1=O. The summed E-state index contributed by atoms with van der Waals surface area (Å²) in [6.45, 7) is -0.523. The van der Waals surface area contributed by atoms with Gasteiger partial charge in [0.05, 0.1) is 6.67 Å². The summed E-state index contributed by atoms with van der Waals surface area (Å²) in [5.74, 6) is 0.523. The van der Waals surface area contributed by atoms with Gasteiger partial charge in [-0.25, -0.2) is 9.59 Å². The molecule has 0 aliphatic heterocycles. The predicted octanol–water partition coefficient (Wildman–Crippen LogP) is 2.49. The van der Waals surface area contributed by atoms with Gasteiger partial charge < -0.3 is 4.74 Å². The molecule has 0 amide bonds. The summed E-state index contributed by atoms with van der Waals surface area (Å²) in [4.78, 5) is 24.4. The summed E-state index contributed by atoms with van der Waals surface area (Å²) in [6, 6.07) is 8.50. The summed E-state index contributed by atoms with van der Waals surface area (Å²) in [6.07, 6.45) is 0.864. The Hall–Kier alpha value is -2.09. The van der Waals surface area contributed by atoms with Crippen LogP contribution < -0.4 is 10.4 Å². The van der Waals surface area contributed by atoms with Crippen molar-refractivity contribution in [3.05, 3.63) is 40.8 Å². The van der Waals surface area contributed by atoms with Crippen LogP contribution in [0.15, 0.2) is 40.3 Å². The number of hydrogen-bond donors (Lipinski definition) is 0. The van der Waals surface area contributed by atoms with E-state index in [1.54, 1.807) is 30.3 Å². The zero-order chi connectivity index (χ0) is 15.5. The number of para-hydroxylation sites is 1. The second-order valence-electron chi connectivity index (χ2n) is 4.80. The number of alkyl halides is 1. The van der Waals surface area contributed by atoms with Gasteiger partial charge in [-0.05, 0) is 25.0 Å².